The topological polar surface area (TPSA) is 54.6 Å². The van der Waals surface area contributed by atoms with Gasteiger partial charge in [0, 0.05) is 34.1 Å². The van der Waals surface area contributed by atoms with Gasteiger partial charge in [-0.15, -0.1) is 0 Å². The molecule has 0 radical (unpaired) electrons. The first kappa shape index (κ1) is 22.0. The molecule has 33 heavy (non-hydrogen) atoms. The Morgan fingerprint density at radius 2 is 1.94 bits per heavy atom. The molecule has 1 fully saturated rings. The van der Waals surface area contributed by atoms with Crippen molar-refractivity contribution in [1.82, 2.24) is 9.88 Å². The fourth-order valence-corrected chi connectivity index (χ4v) is 5.60. The molecular formula is C27H31FN2O3. The lowest BCUT2D eigenvalue weighted by Gasteiger charge is -2.39. The van der Waals surface area contributed by atoms with Crippen LogP contribution in [-0.4, -0.2) is 49.0 Å². The largest absolute Gasteiger partial charge is 0.493 e. The molecule has 2 aromatic carbocycles. The minimum atomic E-state index is -0.158. The first-order valence-electron chi connectivity index (χ1n) is 11.8. The summed E-state index contributed by atoms with van der Waals surface area (Å²) in [7, 11) is 1.59. The lowest BCUT2D eigenvalue weighted by atomic mass is 9.76. The number of benzene rings is 2. The monoisotopic (exact) mass is 450 g/mol. The highest BCUT2D eigenvalue weighted by molar-refractivity contribution is 5.94. The molecule has 6 heteroatoms. The van der Waals surface area contributed by atoms with Crippen molar-refractivity contribution in [3.05, 3.63) is 59.0 Å². The second-order valence-corrected chi connectivity index (χ2v) is 9.41. The van der Waals surface area contributed by atoms with E-state index in [1.807, 2.05) is 12.1 Å². The molecule has 1 saturated heterocycles. The van der Waals surface area contributed by atoms with Crippen LogP contribution in [0.1, 0.15) is 54.2 Å². The summed E-state index contributed by atoms with van der Waals surface area (Å²) in [6, 6.07) is 10.4. The molecule has 3 aromatic rings. The second-order valence-electron chi connectivity index (χ2n) is 9.41. The minimum absolute atomic E-state index is 0.0108. The third kappa shape index (κ3) is 4.12. The van der Waals surface area contributed by atoms with Gasteiger partial charge in [-0.25, -0.2) is 4.39 Å². The molecule has 1 aliphatic carbocycles. The molecule has 0 saturated carbocycles. The van der Waals surface area contributed by atoms with Crippen molar-refractivity contribution in [3.63, 3.8) is 0 Å². The van der Waals surface area contributed by atoms with E-state index in [0.717, 1.165) is 62.6 Å². The van der Waals surface area contributed by atoms with Crippen LogP contribution in [0.3, 0.4) is 0 Å². The van der Waals surface area contributed by atoms with Crippen molar-refractivity contribution in [2.75, 3.05) is 33.4 Å². The Morgan fingerprint density at radius 1 is 1.12 bits per heavy atom. The van der Waals surface area contributed by atoms with Crippen LogP contribution < -0.4 is 9.47 Å². The van der Waals surface area contributed by atoms with Crippen LogP contribution in [0.15, 0.2) is 36.4 Å². The first-order valence-corrected chi connectivity index (χ1v) is 11.8. The molecule has 0 amide bonds. The van der Waals surface area contributed by atoms with Gasteiger partial charge < -0.3 is 19.4 Å². The van der Waals surface area contributed by atoms with Crippen LogP contribution in [0, 0.1) is 5.82 Å². The number of methoxy groups -OCH3 is 1. The highest BCUT2D eigenvalue weighted by atomic mass is 19.1. The molecule has 174 valence electrons. The van der Waals surface area contributed by atoms with Gasteiger partial charge in [-0.05, 0) is 94.1 Å². The molecule has 5 rings (SSSR count). The summed E-state index contributed by atoms with van der Waals surface area (Å²) in [5.74, 6) is 1.12. The number of aromatic nitrogens is 1. The number of ether oxygens (including phenoxy) is 2. The van der Waals surface area contributed by atoms with Gasteiger partial charge in [-0.2, -0.15) is 0 Å². The number of aryl methyl sites for hydroxylation is 1. The van der Waals surface area contributed by atoms with Gasteiger partial charge in [0.2, 0.25) is 0 Å². The molecule has 0 bridgehead atoms. The van der Waals surface area contributed by atoms with Crippen LogP contribution in [0.25, 0.3) is 10.9 Å². The van der Waals surface area contributed by atoms with E-state index in [9.17, 15) is 9.18 Å². The number of hydrogen-bond donors (Lipinski definition) is 1. The zero-order valence-electron chi connectivity index (χ0n) is 19.4. The SMILES string of the molecule is COc1cc(C(C)=O)ccc1OCCCN1CCC2(CCc3c2[nH]c2ccc(F)cc32)CC1. The van der Waals surface area contributed by atoms with Gasteiger partial charge in [0.25, 0.3) is 0 Å². The molecule has 5 nitrogen and oxygen atoms in total. The van der Waals surface area contributed by atoms with E-state index in [-0.39, 0.29) is 17.0 Å². The van der Waals surface area contributed by atoms with Crippen molar-refractivity contribution < 1.29 is 18.7 Å². The van der Waals surface area contributed by atoms with E-state index in [4.69, 9.17) is 9.47 Å². The Kier molecular flexibility index (Phi) is 5.87. The maximum absolute atomic E-state index is 13.8. The van der Waals surface area contributed by atoms with Crippen LogP contribution in [0.2, 0.25) is 0 Å². The van der Waals surface area contributed by atoms with Crippen molar-refractivity contribution in [2.45, 2.75) is 44.4 Å². The van der Waals surface area contributed by atoms with Gasteiger partial charge in [0.05, 0.1) is 13.7 Å². The maximum atomic E-state index is 13.8. The number of fused-ring (bicyclic) bond motifs is 4. The number of hydrogen-bond acceptors (Lipinski definition) is 4. The van der Waals surface area contributed by atoms with E-state index < -0.39 is 0 Å². The standard InChI is InChI=1S/C27H31FN2O3/c1-18(31)19-4-7-24(25(16-19)32-2)33-15-3-12-30-13-10-27(11-14-30)9-8-21-22-17-20(28)5-6-23(22)29-26(21)27/h4-7,16-17,29H,3,8-15H2,1-2H3. The number of Topliss-reactive ketones (excluding diaryl/α,β-unsaturated/α-hetero) is 1. The highest BCUT2D eigenvalue weighted by Gasteiger charge is 2.43. The van der Waals surface area contributed by atoms with Gasteiger partial charge >= 0.3 is 0 Å². The number of piperidine rings is 1. The highest BCUT2D eigenvalue weighted by Crippen LogP contribution is 2.48. The van der Waals surface area contributed by atoms with Crippen LogP contribution in [0.4, 0.5) is 4.39 Å². The summed E-state index contributed by atoms with van der Waals surface area (Å²) >= 11 is 0. The summed E-state index contributed by atoms with van der Waals surface area (Å²) in [6.07, 6.45) is 5.40. The number of likely N-dealkylation sites (tertiary alicyclic amines) is 1. The third-order valence-corrected chi connectivity index (χ3v) is 7.51. The van der Waals surface area contributed by atoms with Gasteiger partial charge in [-0.1, -0.05) is 0 Å². The number of ketones is 1. The minimum Gasteiger partial charge on any atom is -0.493 e. The fourth-order valence-electron chi connectivity index (χ4n) is 5.60. The Hall–Kier alpha value is -2.86. The Labute approximate surface area is 193 Å². The van der Waals surface area contributed by atoms with Gasteiger partial charge in [0.1, 0.15) is 5.82 Å². The zero-order chi connectivity index (χ0) is 23.0. The Bertz CT molecular complexity index is 1180. The molecule has 1 spiro atoms. The zero-order valence-corrected chi connectivity index (χ0v) is 19.4. The number of nitrogens with zero attached hydrogens (tertiary/aromatic N) is 1. The molecule has 1 aromatic heterocycles. The average molecular weight is 451 g/mol. The first-order chi connectivity index (χ1) is 16.0. The number of rotatable bonds is 7. The molecule has 2 aliphatic rings. The fraction of sp³-hybridized carbons (Fsp3) is 0.444. The van der Waals surface area contributed by atoms with E-state index in [1.54, 1.807) is 38.3 Å². The molecule has 0 atom stereocenters. The lowest BCUT2D eigenvalue weighted by molar-refractivity contribution is 0.101. The molecule has 2 heterocycles. The second kappa shape index (κ2) is 8.82. The van der Waals surface area contributed by atoms with Crippen molar-refractivity contribution in [2.24, 2.45) is 0 Å². The Morgan fingerprint density at radius 3 is 2.70 bits per heavy atom. The number of H-pyrrole nitrogens is 1. The predicted molar refractivity (Wildman–Crippen MR) is 127 cm³/mol. The molecule has 0 unspecified atom stereocenters. The van der Waals surface area contributed by atoms with E-state index in [0.29, 0.717) is 23.7 Å². The van der Waals surface area contributed by atoms with E-state index in [2.05, 4.69) is 9.88 Å². The molecule has 1 aliphatic heterocycles. The normalized spacial score (nSPS) is 17.4. The summed E-state index contributed by atoms with van der Waals surface area (Å²) in [5.41, 5.74) is 4.58. The number of aromatic amines is 1. The van der Waals surface area contributed by atoms with Gasteiger partial charge in [-0.3, -0.25) is 4.79 Å². The van der Waals surface area contributed by atoms with Crippen molar-refractivity contribution in [3.8, 4) is 11.5 Å². The number of halogens is 1. The third-order valence-electron chi connectivity index (χ3n) is 7.51. The number of carbonyl (C=O) groups is 1. The van der Waals surface area contributed by atoms with Crippen LogP contribution in [-0.2, 0) is 11.8 Å². The van der Waals surface area contributed by atoms with Gasteiger partial charge in [0.15, 0.2) is 17.3 Å². The smallest absolute Gasteiger partial charge is 0.161 e. The van der Waals surface area contributed by atoms with E-state index >= 15 is 0 Å². The van der Waals surface area contributed by atoms with Crippen LogP contribution in [0.5, 0.6) is 11.5 Å². The quantitative estimate of drug-likeness (QED) is 0.394. The summed E-state index contributed by atoms with van der Waals surface area (Å²) in [5, 5.41) is 1.06. The number of nitrogens with one attached hydrogen (secondary N) is 1. The maximum Gasteiger partial charge on any atom is 0.161 e. The average Bonchev–Trinajstić information content (AvgIpc) is 3.35. The van der Waals surface area contributed by atoms with Crippen molar-refractivity contribution >= 4 is 16.7 Å². The Balaban J connectivity index is 1.14. The summed E-state index contributed by atoms with van der Waals surface area (Å²) < 4.78 is 25.1. The summed E-state index contributed by atoms with van der Waals surface area (Å²) in [4.78, 5) is 17.7. The predicted octanol–water partition coefficient (Wildman–Crippen LogP) is 5.27. The number of carbonyl (C=O) groups excluding carboxylic acids is 1. The summed E-state index contributed by atoms with van der Waals surface area (Å²) in [6.45, 7) is 5.28. The lowest BCUT2D eigenvalue weighted by Crippen LogP contribution is -2.42. The van der Waals surface area contributed by atoms with E-state index in [1.165, 1.54) is 11.3 Å². The molecule has 1 N–H and O–H groups in total. The van der Waals surface area contributed by atoms with Crippen LogP contribution >= 0.6 is 0 Å². The molecular weight excluding hydrogens is 419 g/mol. The van der Waals surface area contributed by atoms with Crippen molar-refractivity contribution in [1.29, 1.82) is 0 Å².